The van der Waals surface area contributed by atoms with Gasteiger partial charge in [0.05, 0.1) is 11.3 Å². The normalized spacial score (nSPS) is 18.3. The number of halogens is 1. The van der Waals surface area contributed by atoms with E-state index in [1.54, 1.807) is 6.07 Å². The number of anilines is 1. The lowest BCUT2D eigenvalue weighted by Crippen LogP contribution is -2.43. The average molecular weight is 294 g/mol. The highest BCUT2D eigenvalue weighted by molar-refractivity contribution is 5.55. The van der Waals surface area contributed by atoms with E-state index in [-0.39, 0.29) is 5.82 Å². The van der Waals surface area contributed by atoms with Crippen LogP contribution < -0.4 is 10.2 Å². The van der Waals surface area contributed by atoms with Crippen molar-refractivity contribution in [3.05, 3.63) is 29.6 Å². The second-order valence-corrected chi connectivity index (χ2v) is 6.76. The molecule has 0 aliphatic carbocycles. The molecule has 3 nitrogen and oxygen atoms in total. The zero-order valence-electron chi connectivity index (χ0n) is 13.3. The van der Waals surface area contributed by atoms with Crippen LogP contribution in [0.4, 0.5) is 10.1 Å². The summed E-state index contributed by atoms with van der Waals surface area (Å²) < 4.78 is 14.3. The zero-order valence-corrected chi connectivity index (χ0v) is 13.3. The van der Waals surface area contributed by atoms with Gasteiger partial charge in [0.1, 0.15) is 5.82 Å². The Bertz CT molecular complexity index is 464. The largest absolute Gasteiger partial charge is 0.390 e. The molecule has 0 bridgehead atoms. The minimum absolute atomic E-state index is 0.166. The van der Waals surface area contributed by atoms with Gasteiger partial charge < -0.3 is 15.3 Å². The third-order valence-electron chi connectivity index (χ3n) is 4.10. The lowest BCUT2D eigenvalue weighted by Gasteiger charge is -2.38. The first-order chi connectivity index (χ1) is 9.89. The van der Waals surface area contributed by atoms with Gasteiger partial charge in [-0.05, 0) is 43.9 Å². The van der Waals surface area contributed by atoms with Crippen molar-refractivity contribution in [3.63, 3.8) is 0 Å². The van der Waals surface area contributed by atoms with Crippen LogP contribution in [-0.2, 0) is 6.54 Å². The third kappa shape index (κ3) is 4.42. The van der Waals surface area contributed by atoms with Crippen LogP contribution in [0.25, 0.3) is 0 Å². The fraction of sp³-hybridized carbons (Fsp3) is 0.647. The van der Waals surface area contributed by atoms with E-state index in [0.29, 0.717) is 44.1 Å². The number of hydrogen-bond donors (Lipinski definition) is 2. The topological polar surface area (TPSA) is 35.5 Å². The summed E-state index contributed by atoms with van der Waals surface area (Å²) in [6, 6.07) is 5.28. The summed E-state index contributed by atoms with van der Waals surface area (Å²) in [5.41, 5.74) is 1.08. The van der Waals surface area contributed by atoms with Gasteiger partial charge in [-0.25, -0.2) is 4.39 Å². The number of nitrogens with zero attached hydrogens (tertiary/aromatic N) is 1. The maximum absolute atomic E-state index is 14.3. The number of para-hydroxylation sites is 1. The minimum Gasteiger partial charge on any atom is -0.390 e. The van der Waals surface area contributed by atoms with Crippen LogP contribution in [0.15, 0.2) is 18.2 Å². The molecule has 1 aliphatic heterocycles. The molecule has 21 heavy (non-hydrogen) atoms. The molecule has 2 rings (SSSR count). The van der Waals surface area contributed by atoms with Crippen molar-refractivity contribution in [3.8, 4) is 0 Å². The molecule has 0 aromatic heterocycles. The molecular formula is C17H27FN2O. The molecule has 2 N–H and O–H groups in total. The SMILES string of the molecule is CC(C)CNCc1cccc(F)c1N1CCC(C)(O)CC1. The molecule has 0 atom stereocenters. The van der Waals surface area contributed by atoms with E-state index in [2.05, 4.69) is 24.1 Å². The van der Waals surface area contributed by atoms with Gasteiger partial charge in [-0.1, -0.05) is 26.0 Å². The summed E-state index contributed by atoms with van der Waals surface area (Å²) in [5.74, 6) is 0.410. The Hall–Kier alpha value is -1.13. The monoisotopic (exact) mass is 294 g/mol. The molecule has 1 fully saturated rings. The number of aliphatic hydroxyl groups is 1. The predicted molar refractivity (Wildman–Crippen MR) is 85.0 cm³/mol. The first kappa shape index (κ1) is 16.2. The average Bonchev–Trinajstić information content (AvgIpc) is 2.39. The number of rotatable bonds is 5. The minimum atomic E-state index is -0.613. The zero-order chi connectivity index (χ0) is 15.5. The first-order valence-electron chi connectivity index (χ1n) is 7.84. The van der Waals surface area contributed by atoms with E-state index in [1.807, 2.05) is 13.0 Å². The van der Waals surface area contributed by atoms with E-state index in [9.17, 15) is 9.50 Å². The van der Waals surface area contributed by atoms with Crippen LogP contribution in [-0.4, -0.2) is 30.3 Å². The van der Waals surface area contributed by atoms with Crippen LogP contribution in [0.1, 0.15) is 39.2 Å². The van der Waals surface area contributed by atoms with E-state index >= 15 is 0 Å². The van der Waals surface area contributed by atoms with Gasteiger partial charge in [0.2, 0.25) is 0 Å². The Kier molecular flexibility index (Phi) is 5.22. The van der Waals surface area contributed by atoms with Crippen molar-refractivity contribution in [2.75, 3.05) is 24.5 Å². The predicted octanol–water partition coefficient (Wildman–Crippen LogP) is 2.92. The molecule has 0 spiro atoms. The third-order valence-corrected chi connectivity index (χ3v) is 4.10. The highest BCUT2D eigenvalue weighted by atomic mass is 19.1. The van der Waals surface area contributed by atoms with Crippen molar-refractivity contribution >= 4 is 5.69 Å². The Balaban J connectivity index is 2.10. The van der Waals surface area contributed by atoms with Crippen LogP contribution in [0.3, 0.4) is 0 Å². The molecule has 1 aliphatic rings. The number of nitrogens with one attached hydrogen (secondary N) is 1. The second-order valence-electron chi connectivity index (χ2n) is 6.76. The maximum Gasteiger partial charge on any atom is 0.146 e. The fourth-order valence-corrected chi connectivity index (χ4v) is 2.76. The van der Waals surface area contributed by atoms with Gasteiger partial charge in [-0.15, -0.1) is 0 Å². The Morgan fingerprint density at radius 3 is 2.62 bits per heavy atom. The quantitative estimate of drug-likeness (QED) is 0.876. The Labute approximate surface area is 127 Å². The summed E-state index contributed by atoms with van der Waals surface area (Å²) in [6.07, 6.45) is 1.36. The van der Waals surface area contributed by atoms with Crippen molar-refractivity contribution in [1.82, 2.24) is 5.32 Å². The number of benzene rings is 1. The highest BCUT2D eigenvalue weighted by Gasteiger charge is 2.29. The van der Waals surface area contributed by atoms with Gasteiger partial charge in [0, 0.05) is 19.6 Å². The van der Waals surface area contributed by atoms with Crippen molar-refractivity contribution in [2.45, 2.75) is 45.8 Å². The molecular weight excluding hydrogens is 267 g/mol. The molecule has 0 saturated carbocycles. The molecule has 0 unspecified atom stereocenters. The maximum atomic E-state index is 14.3. The highest BCUT2D eigenvalue weighted by Crippen LogP contribution is 2.30. The lowest BCUT2D eigenvalue weighted by atomic mass is 9.93. The molecule has 0 amide bonds. The van der Waals surface area contributed by atoms with E-state index < -0.39 is 5.60 Å². The summed E-state index contributed by atoms with van der Waals surface area (Å²) in [5, 5.41) is 13.4. The van der Waals surface area contributed by atoms with Gasteiger partial charge >= 0.3 is 0 Å². The summed E-state index contributed by atoms with van der Waals surface area (Å²) in [4.78, 5) is 2.07. The molecule has 118 valence electrons. The molecule has 4 heteroatoms. The van der Waals surface area contributed by atoms with Crippen LogP contribution in [0, 0.1) is 11.7 Å². The van der Waals surface area contributed by atoms with Crippen molar-refractivity contribution in [1.29, 1.82) is 0 Å². The molecule has 1 aromatic carbocycles. The van der Waals surface area contributed by atoms with Gasteiger partial charge in [-0.3, -0.25) is 0 Å². The Morgan fingerprint density at radius 2 is 2.00 bits per heavy atom. The summed E-state index contributed by atoms with van der Waals surface area (Å²) in [6.45, 7) is 9.17. The Morgan fingerprint density at radius 1 is 1.33 bits per heavy atom. The van der Waals surface area contributed by atoms with Crippen LogP contribution in [0.2, 0.25) is 0 Å². The fourth-order valence-electron chi connectivity index (χ4n) is 2.76. The van der Waals surface area contributed by atoms with Crippen molar-refractivity contribution in [2.24, 2.45) is 5.92 Å². The van der Waals surface area contributed by atoms with E-state index in [4.69, 9.17) is 0 Å². The van der Waals surface area contributed by atoms with Gasteiger partial charge in [0.15, 0.2) is 0 Å². The smallest absolute Gasteiger partial charge is 0.146 e. The van der Waals surface area contributed by atoms with E-state index in [1.165, 1.54) is 6.07 Å². The number of piperidine rings is 1. The number of hydrogen-bond acceptors (Lipinski definition) is 3. The molecule has 1 aromatic rings. The summed E-state index contributed by atoms with van der Waals surface area (Å²) >= 11 is 0. The molecule has 1 saturated heterocycles. The summed E-state index contributed by atoms with van der Waals surface area (Å²) in [7, 11) is 0. The van der Waals surface area contributed by atoms with Gasteiger partial charge in [-0.2, -0.15) is 0 Å². The first-order valence-corrected chi connectivity index (χ1v) is 7.84. The van der Waals surface area contributed by atoms with Gasteiger partial charge in [0.25, 0.3) is 0 Å². The molecule has 0 radical (unpaired) electrons. The van der Waals surface area contributed by atoms with Crippen LogP contribution >= 0.6 is 0 Å². The van der Waals surface area contributed by atoms with Crippen LogP contribution in [0.5, 0.6) is 0 Å². The second kappa shape index (κ2) is 6.75. The molecule has 1 heterocycles. The van der Waals surface area contributed by atoms with E-state index in [0.717, 1.165) is 12.1 Å². The standard InChI is InChI=1S/C17H27FN2O/c1-13(2)11-19-12-14-5-4-6-15(18)16(14)20-9-7-17(3,21)8-10-20/h4-6,13,19,21H,7-12H2,1-3H3. The van der Waals surface area contributed by atoms with Crippen molar-refractivity contribution < 1.29 is 9.50 Å². The lowest BCUT2D eigenvalue weighted by molar-refractivity contribution is 0.0350.